The first-order chi connectivity index (χ1) is 9.79. The smallest absolute Gasteiger partial charge is 0.335 e. The van der Waals surface area contributed by atoms with Crippen molar-refractivity contribution in [3.8, 4) is 0 Å². The van der Waals surface area contributed by atoms with Gasteiger partial charge in [0, 0.05) is 12.0 Å². The second-order valence-electron chi connectivity index (χ2n) is 7.16. The Hall–Kier alpha value is -1.84. The first-order valence-electron chi connectivity index (χ1n) is 7.54. The minimum absolute atomic E-state index is 0.128. The van der Waals surface area contributed by atoms with Crippen LogP contribution in [0, 0.1) is 5.41 Å². The number of hydrogen-bond donors (Lipinski definition) is 1. The summed E-state index contributed by atoms with van der Waals surface area (Å²) < 4.78 is 2.32. The van der Waals surface area contributed by atoms with Gasteiger partial charge in [-0.15, -0.1) is 0 Å². The van der Waals surface area contributed by atoms with Crippen LogP contribution in [0.15, 0.2) is 18.2 Å². The zero-order valence-electron chi connectivity index (χ0n) is 13.1. The standard InChI is InChI=1S/C17H22N2O2/c1-10(17(2,3)4)19-14-8-7-12(16(20)21)9-13(14)18-15(19)11-5-6-11/h7-11H,5-6H2,1-4H3,(H,20,21). The Morgan fingerprint density at radius 2 is 2.05 bits per heavy atom. The molecule has 112 valence electrons. The third-order valence-corrected chi connectivity index (χ3v) is 4.55. The lowest BCUT2D eigenvalue weighted by Gasteiger charge is -2.30. The molecule has 1 atom stereocenters. The van der Waals surface area contributed by atoms with E-state index in [2.05, 4.69) is 32.3 Å². The van der Waals surface area contributed by atoms with Gasteiger partial charge in [0.2, 0.25) is 0 Å². The fourth-order valence-corrected chi connectivity index (χ4v) is 2.67. The van der Waals surface area contributed by atoms with Gasteiger partial charge in [0.15, 0.2) is 0 Å². The molecule has 21 heavy (non-hydrogen) atoms. The van der Waals surface area contributed by atoms with Gasteiger partial charge in [-0.25, -0.2) is 9.78 Å². The molecule has 0 saturated heterocycles. The number of benzene rings is 1. The van der Waals surface area contributed by atoms with Gasteiger partial charge in [0.05, 0.1) is 16.6 Å². The summed E-state index contributed by atoms with van der Waals surface area (Å²) in [5, 5.41) is 9.15. The summed E-state index contributed by atoms with van der Waals surface area (Å²) in [5.41, 5.74) is 2.28. The number of carboxylic acids is 1. The maximum atomic E-state index is 11.1. The van der Waals surface area contributed by atoms with E-state index in [1.165, 1.54) is 12.8 Å². The summed E-state index contributed by atoms with van der Waals surface area (Å²) in [7, 11) is 0. The second-order valence-corrected chi connectivity index (χ2v) is 7.16. The van der Waals surface area contributed by atoms with Crippen LogP contribution in [-0.4, -0.2) is 20.6 Å². The fourth-order valence-electron chi connectivity index (χ4n) is 2.67. The summed E-state index contributed by atoms with van der Waals surface area (Å²) in [4.78, 5) is 15.9. The molecule has 0 amide bonds. The highest BCUT2D eigenvalue weighted by atomic mass is 16.4. The molecule has 4 nitrogen and oxygen atoms in total. The van der Waals surface area contributed by atoms with Crippen LogP contribution in [0.3, 0.4) is 0 Å². The van der Waals surface area contributed by atoms with E-state index in [9.17, 15) is 4.79 Å². The molecule has 1 heterocycles. The van der Waals surface area contributed by atoms with Crippen molar-refractivity contribution in [2.24, 2.45) is 5.41 Å². The van der Waals surface area contributed by atoms with Gasteiger partial charge in [-0.2, -0.15) is 0 Å². The molecular formula is C17H22N2O2. The largest absolute Gasteiger partial charge is 0.478 e. The SMILES string of the molecule is CC(n1c(C2CC2)nc2cc(C(=O)O)ccc21)C(C)(C)C. The number of hydrogen-bond acceptors (Lipinski definition) is 2. The van der Waals surface area contributed by atoms with Crippen molar-refractivity contribution in [1.82, 2.24) is 9.55 Å². The molecule has 1 fully saturated rings. The first kappa shape index (κ1) is 14.1. The topological polar surface area (TPSA) is 55.1 Å². The quantitative estimate of drug-likeness (QED) is 0.919. The van der Waals surface area contributed by atoms with E-state index in [1.807, 2.05) is 6.07 Å². The molecule has 1 saturated carbocycles. The van der Waals surface area contributed by atoms with E-state index < -0.39 is 5.97 Å². The van der Waals surface area contributed by atoms with Crippen molar-refractivity contribution in [3.63, 3.8) is 0 Å². The molecule has 0 spiro atoms. The van der Waals surface area contributed by atoms with Gasteiger partial charge in [0.25, 0.3) is 0 Å². The second kappa shape index (κ2) is 4.58. The third kappa shape index (κ3) is 2.43. The van der Waals surface area contributed by atoms with Crippen LogP contribution in [0.4, 0.5) is 0 Å². The normalized spacial score (nSPS) is 17.1. The van der Waals surface area contributed by atoms with Gasteiger partial charge < -0.3 is 9.67 Å². The summed E-state index contributed by atoms with van der Waals surface area (Å²) in [6.45, 7) is 8.90. The highest BCUT2D eigenvalue weighted by Crippen LogP contribution is 2.44. The van der Waals surface area contributed by atoms with E-state index in [0.717, 1.165) is 16.9 Å². The van der Waals surface area contributed by atoms with Crippen molar-refractivity contribution in [2.75, 3.05) is 0 Å². The van der Waals surface area contributed by atoms with Gasteiger partial charge in [-0.1, -0.05) is 20.8 Å². The Kier molecular flexibility index (Phi) is 3.08. The van der Waals surface area contributed by atoms with E-state index in [0.29, 0.717) is 17.5 Å². The lowest BCUT2D eigenvalue weighted by atomic mass is 9.87. The number of imidazole rings is 1. The van der Waals surface area contributed by atoms with Gasteiger partial charge in [0.1, 0.15) is 5.82 Å². The van der Waals surface area contributed by atoms with Gasteiger partial charge in [-0.3, -0.25) is 0 Å². The lowest BCUT2D eigenvalue weighted by Crippen LogP contribution is -2.23. The van der Waals surface area contributed by atoms with E-state index >= 15 is 0 Å². The molecule has 1 aliphatic carbocycles. The van der Waals surface area contributed by atoms with Crippen LogP contribution in [0.2, 0.25) is 0 Å². The van der Waals surface area contributed by atoms with Crippen LogP contribution < -0.4 is 0 Å². The Morgan fingerprint density at radius 1 is 1.38 bits per heavy atom. The van der Waals surface area contributed by atoms with Crippen LogP contribution in [-0.2, 0) is 0 Å². The molecule has 4 heteroatoms. The number of carbonyl (C=O) groups is 1. The van der Waals surface area contributed by atoms with Crippen LogP contribution in [0.1, 0.15) is 68.7 Å². The van der Waals surface area contributed by atoms with Gasteiger partial charge in [-0.05, 0) is 43.4 Å². The first-order valence-corrected chi connectivity index (χ1v) is 7.54. The molecule has 0 aliphatic heterocycles. The Morgan fingerprint density at radius 3 is 2.57 bits per heavy atom. The molecule has 0 bridgehead atoms. The molecule has 1 aromatic carbocycles. The van der Waals surface area contributed by atoms with E-state index in [1.54, 1.807) is 12.1 Å². The van der Waals surface area contributed by atoms with Crippen molar-refractivity contribution in [3.05, 3.63) is 29.6 Å². The fraction of sp³-hybridized carbons (Fsp3) is 0.529. The highest BCUT2D eigenvalue weighted by Gasteiger charge is 2.33. The molecule has 1 aromatic heterocycles. The van der Waals surface area contributed by atoms with Crippen molar-refractivity contribution in [1.29, 1.82) is 0 Å². The minimum Gasteiger partial charge on any atom is -0.478 e. The number of aromatic carboxylic acids is 1. The van der Waals surface area contributed by atoms with E-state index in [4.69, 9.17) is 10.1 Å². The maximum absolute atomic E-state index is 11.1. The summed E-state index contributed by atoms with van der Waals surface area (Å²) >= 11 is 0. The Balaban J connectivity index is 2.20. The van der Waals surface area contributed by atoms with Gasteiger partial charge >= 0.3 is 5.97 Å². The number of rotatable bonds is 3. The molecule has 0 radical (unpaired) electrons. The molecule has 2 aromatic rings. The minimum atomic E-state index is -0.900. The number of carboxylic acid groups (broad SMARTS) is 1. The average molecular weight is 286 g/mol. The predicted molar refractivity (Wildman–Crippen MR) is 82.8 cm³/mol. The molecule has 1 unspecified atom stereocenters. The van der Waals surface area contributed by atoms with Crippen molar-refractivity contribution < 1.29 is 9.90 Å². The lowest BCUT2D eigenvalue weighted by molar-refractivity contribution is 0.0697. The Bertz CT molecular complexity index is 705. The molecular weight excluding hydrogens is 264 g/mol. The zero-order valence-corrected chi connectivity index (χ0v) is 13.1. The maximum Gasteiger partial charge on any atom is 0.335 e. The molecule has 3 rings (SSSR count). The monoisotopic (exact) mass is 286 g/mol. The zero-order chi connectivity index (χ0) is 15.4. The van der Waals surface area contributed by atoms with Crippen molar-refractivity contribution >= 4 is 17.0 Å². The van der Waals surface area contributed by atoms with Crippen LogP contribution >= 0.6 is 0 Å². The summed E-state index contributed by atoms with van der Waals surface area (Å²) in [6.07, 6.45) is 2.37. The summed E-state index contributed by atoms with van der Waals surface area (Å²) in [6, 6.07) is 5.58. The van der Waals surface area contributed by atoms with Crippen LogP contribution in [0.25, 0.3) is 11.0 Å². The third-order valence-electron chi connectivity index (χ3n) is 4.55. The van der Waals surface area contributed by atoms with E-state index in [-0.39, 0.29) is 5.41 Å². The van der Waals surface area contributed by atoms with Crippen molar-refractivity contribution in [2.45, 2.75) is 52.5 Å². The Labute approximate surface area is 124 Å². The predicted octanol–water partition coefficient (Wildman–Crippen LogP) is 4.22. The number of aromatic nitrogens is 2. The number of nitrogens with zero attached hydrogens (tertiary/aromatic N) is 2. The summed E-state index contributed by atoms with van der Waals surface area (Å²) in [5.74, 6) is 0.758. The number of fused-ring (bicyclic) bond motifs is 1. The molecule has 1 N–H and O–H groups in total. The highest BCUT2D eigenvalue weighted by molar-refractivity contribution is 5.92. The molecule has 1 aliphatic rings. The van der Waals surface area contributed by atoms with Crippen LogP contribution in [0.5, 0.6) is 0 Å². The average Bonchev–Trinajstić information content (AvgIpc) is 3.17.